The molecule has 2 aromatic carbocycles. The van der Waals surface area contributed by atoms with Crippen LogP contribution in [0.1, 0.15) is 16.8 Å². The van der Waals surface area contributed by atoms with E-state index >= 15 is 0 Å². The average molecular weight is 521 g/mol. The molecule has 31 heavy (non-hydrogen) atoms. The molecule has 0 saturated carbocycles. The summed E-state index contributed by atoms with van der Waals surface area (Å²) in [7, 11) is 0. The van der Waals surface area contributed by atoms with Crippen LogP contribution in [0.25, 0.3) is 22.3 Å². The number of hydrogen-bond donors (Lipinski definition) is 1. The molecule has 0 atom stereocenters. The summed E-state index contributed by atoms with van der Waals surface area (Å²) in [6.07, 6.45) is 1.48. The molecule has 3 heterocycles. The van der Waals surface area contributed by atoms with Crippen molar-refractivity contribution in [2.24, 2.45) is 0 Å². The molecule has 0 saturated heterocycles. The van der Waals surface area contributed by atoms with Crippen LogP contribution in [0, 0.1) is 10.6 Å². The molecule has 154 valence electrons. The number of benzene rings is 2. The molecule has 0 bridgehead atoms. The Hall–Kier alpha value is -3.27. The van der Waals surface area contributed by atoms with Crippen molar-refractivity contribution >= 4 is 39.4 Å². The van der Waals surface area contributed by atoms with E-state index in [0.717, 1.165) is 37.2 Å². The molecule has 0 fully saturated rings. The van der Waals surface area contributed by atoms with Crippen LogP contribution in [0.5, 0.6) is 0 Å². The summed E-state index contributed by atoms with van der Waals surface area (Å²) in [5, 5.41) is 10.5. The van der Waals surface area contributed by atoms with E-state index in [1.807, 2.05) is 28.9 Å². The van der Waals surface area contributed by atoms with Gasteiger partial charge < -0.3 is 5.73 Å². The van der Waals surface area contributed by atoms with Crippen LogP contribution in [0.2, 0.25) is 0 Å². The SMILES string of the molecule is Cc1c(Cn2nc(I)c3c(N)ncnc32)c(-c2ccccc2)nn1Cc1ccccc1. The predicted octanol–water partition coefficient (Wildman–Crippen LogP) is 4.28. The molecule has 7 nitrogen and oxygen atoms in total. The number of nitrogens with zero attached hydrogens (tertiary/aromatic N) is 6. The van der Waals surface area contributed by atoms with Crippen molar-refractivity contribution in [2.75, 3.05) is 5.73 Å². The minimum Gasteiger partial charge on any atom is -0.383 e. The highest BCUT2D eigenvalue weighted by atomic mass is 127. The second-order valence-corrected chi connectivity index (χ2v) is 8.35. The van der Waals surface area contributed by atoms with Crippen LogP contribution in [0.3, 0.4) is 0 Å². The number of nitrogen functional groups attached to an aromatic ring is 1. The second-order valence-electron chi connectivity index (χ2n) is 7.33. The van der Waals surface area contributed by atoms with Crippen molar-refractivity contribution in [1.29, 1.82) is 0 Å². The zero-order valence-electron chi connectivity index (χ0n) is 16.9. The quantitative estimate of drug-likeness (QED) is 0.349. The minimum atomic E-state index is 0.445. The summed E-state index contributed by atoms with van der Waals surface area (Å²) in [6.45, 7) is 3.36. The Labute approximate surface area is 193 Å². The summed E-state index contributed by atoms with van der Waals surface area (Å²) in [5.74, 6) is 0.445. The van der Waals surface area contributed by atoms with Gasteiger partial charge in [0.2, 0.25) is 0 Å². The van der Waals surface area contributed by atoms with E-state index in [4.69, 9.17) is 15.9 Å². The Balaban J connectivity index is 1.63. The van der Waals surface area contributed by atoms with Crippen molar-refractivity contribution in [3.05, 3.63) is 87.5 Å². The third-order valence-corrected chi connectivity index (χ3v) is 6.13. The van der Waals surface area contributed by atoms with Gasteiger partial charge in [-0.1, -0.05) is 60.7 Å². The zero-order chi connectivity index (χ0) is 21.4. The van der Waals surface area contributed by atoms with Crippen molar-refractivity contribution in [3.8, 4) is 11.3 Å². The van der Waals surface area contributed by atoms with Crippen LogP contribution in [-0.4, -0.2) is 29.5 Å². The van der Waals surface area contributed by atoms with Gasteiger partial charge in [0.15, 0.2) is 5.65 Å². The third kappa shape index (κ3) is 3.67. The van der Waals surface area contributed by atoms with Gasteiger partial charge in [0.1, 0.15) is 15.8 Å². The molecule has 2 N–H and O–H groups in total. The maximum atomic E-state index is 6.08. The fourth-order valence-electron chi connectivity index (χ4n) is 3.76. The van der Waals surface area contributed by atoms with Gasteiger partial charge in [-0.3, -0.25) is 4.68 Å². The molecule has 0 amide bonds. The Morgan fingerprint density at radius 2 is 1.58 bits per heavy atom. The summed E-state index contributed by atoms with van der Waals surface area (Å²) in [6, 6.07) is 20.6. The summed E-state index contributed by atoms with van der Waals surface area (Å²) >= 11 is 2.18. The Morgan fingerprint density at radius 3 is 2.32 bits per heavy atom. The van der Waals surface area contributed by atoms with Gasteiger partial charge in [-0.05, 0) is 35.1 Å². The third-order valence-electron chi connectivity index (χ3n) is 5.38. The van der Waals surface area contributed by atoms with E-state index in [0.29, 0.717) is 18.9 Å². The van der Waals surface area contributed by atoms with Crippen molar-refractivity contribution in [2.45, 2.75) is 20.0 Å². The van der Waals surface area contributed by atoms with E-state index in [9.17, 15) is 0 Å². The van der Waals surface area contributed by atoms with E-state index in [-0.39, 0.29) is 0 Å². The fourth-order valence-corrected chi connectivity index (χ4v) is 4.54. The van der Waals surface area contributed by atoms with E-state index in [1.54, 1.807) is 0 Å². The predicted molar refractivity (Wildman–Crippen MR) is 129 cm³/mol. The molecule has 0 aliphatic rings. The van der Waals surface area contributed by atoms with Gasteiger partial charge in [0.05, 0.1) is 24.2 Å². The van der Waals surface area contributed by atoms with E-state index in [1.165, 1.54) is 11.9 Å². The summed E-state index contributed by atoms with van der Waals surface area (Å²) in [4.78, 5) is 8.56. The number of halogens is 1. The zero-order valence-corrected chi connectivity index (χ0v) is 19.1. The lowest BCUT2D eigenvalue weighted by atomic mass is 10.1. The number of anilines is 1. The van der Waals surface area contributed by atoms with Gasteiger partial charge in [-0.2, -0.15) is 10.2 Å². The highest BCUT2D eigenvalue weighted by molar-refractivity contribution is 14.1. The molecule has 0 aliphatic carbocycles. The van der Waals surface area contributed by atoms with Gasteiger partial charge in [-0.15, -0.1) is 0 Å². The highest BCUT2D eigenvalue weighted by Crippen LogP contribution is 2.29. The smallest absolute Gasteiger partial charge is 0.164 e. The molecular formula is C23H20IN7. The normalized spacial score (nSPS) is 11.3. The number of hydrogen-bond acceptors (Lipinski definition) is 5. The molecule has 5 rings (SSSR count). The average Bonchev–Trinajstić information content (AvgIpc) is 3.28. The molecule has 3 aromatic heterocycles. The largest absolute Gasteiger partial charge is 0.383 e. The standard InChI is InChI=1S/C23H20IN7/c1-15-18(13-31-23-19(21(24)29-31)22(25)26-14-27-23)20(17-10-6-3-7-11-17)28-30(15)12-16-8-4-2-5-9-16/h2-11,14H,12-13H2,1H3,(H2,25,26,27). The molecular weight excluding hydrogens is 501 g/mol. The fraction of sp³-hybridized carbons (Fsp3) is 0.130. The first-order valence-corrected chi connectivity index (χ1v) is 11.0. The first kappa shape index (κ1) is 19.7. The minimum absolute atomic E-state index is 0.445. The van der Waals surface area contributed by atoms with Crippen molar-refractivity contribution in [3.63, 3.8) is 0 Å². The monoisotopic (exact) mass is 521 g/mol. The molecule has 8 heteroatoms. The van der Waals surface area contributed by atoms with Crippen LogP contribution in [-0.2, 0) is 13.1 Å². The van der Waals surface area contributed by atoms with Crippen LogP contribution in [0.4, 0.5) is 5.82 Å². The van der Waals surface area contributed by atoms with Crippen molar-refractivity contribution in [1.82, 2.24) is 29.5 Å². The maximum absolute atomic E-state index is 6.08. The van der Waals surface area contributed by atoms with Gasteiger partial charge in [-0.25, -0.2) is 14.6 Å². The summed E-state index contributed by atoms with van der Waals surface area (Å²) in [5.41, 5.74) is 12.3. The second kappa shape index (κ2) is 8.10. The molecule has 0 radical (unpaired) electrons. The Morgan fingerprint density at radius 1 is 0.871 bits per heavy atom. The lowest BCUT2D eigenvalue weighted by Gasteiger charge is -2.07. The number of rotatable bonds is 5. The molecule has 0 unspecified atom stereocenters. The number of aromatic nitrogens is 6. The lowest BCUT2D eigenvalue weighted by Crippen LogP contribution is -2.07. The Bertz CT molecular complexity index is 1360. The van der Waals surface area contributed by atoms with Gasteiger partial charge >= 0.3 is 0 Å². The Kier molecular flexibility index (Phi) is 5.14. The highest BCUT2D eigenvalue weighted by Gasteiger charge is 2.20. The van der Waals surface area contributed by atoms with Crippen LogP contribution < -0.4 is 5.73 Å². The number of fused-ring (bicyclic) bond motifs is 1. The topological polar surface area (TPSA) is 87.4 Å². The van der Waals surface area contributed by atoms with Gasteiger partial charge in [0.25, 0.3) is 0 Å². The van der Waals surface area contributed by atoms with Crippen LogP contribution >= 0.6 is 22.6 Å². The molecule has 0 aliphatic heterocycles. The number of nitrogens with two attached hydrogens (primary N) is 1. The first-order valence-electron chi connectivity index (χ1n) is 9.90. The molecule has 5 aromatic rings. The van der Waals surface area contributed by atoms with E-state index < -0.39 is 0 Å². The summed E-state index contributed by atoms with van der Waals surface area (Å²) < 4.78 is 4.74. The lowest BCUT2D eigenvalue weighted by molar-refractivity contribution is 0.656. The van der Waals surface area contributed by atoms with Crippen molar-refractivity contribution < 1.29 is 0 Å². The van der Waals surface area contributed by atoms with Crippen LogP contribution in [0.15, 0.2) is 67.0 Å². The first-order chi connectivity index (χ1) is 15.1. The maximum Gasteiger partial charge on any atom is 0.164 e. The van der Waals surface area contributed by atoms with E-state index in [2.05, 4.69) is 80.6 Å². The van der Waals surface area contributed by atoms with Gasteiger partial charge in [0, 0.05) is 16.8 Å². The molecule has 0 spiro atoms.